The van der Waals surface area contributed by atoms with Crippen LogP contribution in [0.5, 0.6) is 0 Å². The number of nitrogens with zero attached hydrogens (tertiary/aromatic N) is 3. The smallest absolute Gasteiger partial charge is 0.224 e. The largest absolute Gasteiger partial charge is 0.326 e. The van der Waals surface area contributed by atoms with Crippen LogP contribution in [0.25, 0.3) is 16.7 Å². The molecule has 5 nitrogen and oxygen atoms in total. The van der Waals surface area contributed by atoms with E-state index in [1.165, 1.54) is 0 Å². The molecule has 1 N–H and O–H groups in total. The van der Waals surface area contributed by atoms with E-state index in [0.717, 1.165) is 47.2 Å². The van der Waals surface area contributed by atoms with Gasteiger partial charge in [-0.05, 0) is 43.2 Å². The second-order valence-corrected chi connectivity index (χ2v) is 5.99. The van der Waals surface area contributed by atoms with Gasteiger partial charge in [0.2, 0.25) is 5.91 Å². The number of carbonyl (C=O) groups is 1. The van der Waals surface area contributed by atoms with E-state index >= 15 is 0 Å². The summed E-state index contributed by atoms with van der Waals surface area (Å²) >= 11 is 0. The Bertz CT molecular complexity index is 839. The maximum absolute atomic E-state index is 12.0. The van der Waals surface area contributed by atoms with Gasteiger partial charge in [0.05, 0.1) is 5.69 Å². The monoisotopic (exact) mass is 322 g/mol. The van der Waals surface area contributed by atoms with Gasteiger partial charge in [-0.3, -0.25) is 4.79 Å². The van der Waals surface area contributed by atoms with Crippen LogP contribution in [-0.4, -0.2) is 20.9 Å². The number of aromatic nitrogens is 3. The van der Waals surface area contributed by atoms with Crippen LogP contribution in [0.15, 0.2) is 42.5 Å². The predicted octanol–water partition coefficient (Wildman–Crippen LogP) is 4.25. The summed E-state index contributed by atoms with van der Waals surface area (Å²) in [6, 6.07) is 13.7. The Morgan fingerprint density at radius 1 is 1.08 bits per heavy atom. The van der Waals surface area contributed by atoms with E-state index in [4.69, 9.17) is 0 Å². The van der Waals surface area contributed by atoms with E-state index < -0.39 is 0 Å². The first-order valence-corrected chi connectivity index (χ1v) is 8.40. The second kappa shape index (κ2) is 7.25. The fourth-order valence-electron chi connectivity index (χ4n) is 2.63. The summed E-state index contributed by atoms with van der Waals surface area (Å²) in [7, 11) is 0. The van der Waals surface area contributed by atoms with Crippen molar-refractivity contribution < 1.29 is 4.79 Å². The zero-order valence-corrected chi connectivity index (χ0v) is 14.1. The number of para-hydroxylation sites is 1. The molecule has 1 amide bonds. The van der Waals surface area contributed by atoms with E-state index in [1.807, 2.05) is 49.4 Å². The van der Waals surface area contributed by atoms with Crippen LogP contribution in [-0.2, 0) is 4.79 Å². The maximum Gasteiger partial charge on any atom is 0.224 e. The highest BCUT2D eigenvalue weighted by Gasteiger charge is 2.10. The van der Waals surface area contributed by atoms with Crippen LogP contribution in [0.3, 0.4) is 0 Å². The van der Waals surface area contributed by atoms with Gasteiger partial charge in [-0.1, -0.05) is 38.0 Å². The molecule has 24 heavy (non-hydrogen) atoms. The van der Waals surface area contributed by atoms with E-state index in [2.05, 4.69) is 22.4 Å². The second-order valence-electron chi connectivity index (χ2n) is 5.99. The molecule has 0 aliphatic heterocycles. The third kappa shape index (κ3) is 3.62. The first-order valence-electron chi connectivity index (χ1n) is 8.40. The predicted molar refractivity (Wildman–Crippen MR) is 96.4 cm³/mol. The number of anilines is 1. The first kappa shape index (κ1) is 16.2. The quantitative estimate of drug-likeness (QED) is 0.690. The highest BCUT2D eigenvalue weighted by atomic mass is 16.1. The van der Waals surface area contributed by atoms with Crippen molar-refractivity contribution in [3.63, 3.8) is 0 Å². The molecule has 3 rings (SSSR count). The van der Waals surface area contributed by atoms with E-state index in [9.17, 15) is 4.79 Å². The van der Waals surface area contributed by atoms with Gasteiger partial charge in [0.15, 0.2) is 0 Å². The number of amides is 1. The molecule has 0 bridgehead atoms. The topological polar surface area (TPSA) is 59.8 Å². The van der Waals surface area contributed by atoms with Crippen LogP contribution < -0.4 is 5.32 Å². The molecular weight excluding hydrogens is 300 g/mol. The SMILES string of the molecule is CCCCCC(=O)Nc1cc2nn(-c3ccccc3)nc2cc1C. The molecule has 0 spiro atoms. The molecule has 3 aromatic rings. The summed E-state index contributed by atoms with van der Waals surface area (Å²) in [4.78, 5) is 13.7. The summed E-state index contributed by atoms with van der Waals surface area (Å²) in [5, 5.41) is 12.0. The normalized spacial score (nSPS) is 10.9. The van der Waals surface area contributed by atoms with Crippen LogP contribution >= 0.6 is 0 Å². The minimum atomic E-state index is 0.0568. The fraction of sp³-hybridized carbons (Fsp3) is 0.316. The lowest BCUT2D eigenvalue weighted by molar-refractivity contribution is -0.116. The summed E-state index contributed by atoms with van der Waals surface area (Å²) in [5.41, 5.74) is 4.31. The minimum Gasteiger partial charge on any atom is -0.326 e. The Kier molecular flexibility index (Phi) is 4.89. The van der Waals surface area contributed by atoms with Crippen molar-refractivity contribution in [2.24, 2.45) is 0 Å². The Morgan fingerprint density at radius 3 is 2.50 bits per heavy atom. The summed E-state index contributed by atoms with van der Waals surface area (Å²) in [6.45, 7) is 4.11. The average molecular weight is 322 g/mol. The van der Waals surface area contributed by atoms with Gasteiger partial charge in [-0.2, -0.15) is 4.80 Å². The van der Waals surface area contributed by atoms with Gasteiger partial charge in [-0.25, -0.2) is 0 Å². The molecule has 0 unspecified atom stereocenters. The molecule has 0 saturated heterocycles. The van der Waals surface area contributed by atoms with Crippen LogP contribution in [0.1, 0.15) is 38.2 Å². The van der Waals surface area contributed by atoms with Crippen molar-refractivity contribution in [2.75, 3.05) is 5.32 Å². The van der Waals surface area contributed by atoms with E-state index in [-0.39, 0.29) is 5.91 Å². The van der Waals surface area contributed by atoms with Gasteiger partial charge >= 0.3 is 0 Å². The Balaban J connectivity index is 1.83. The number of fused-ring (bicyclic) bond motifs is 1. The number of benzene rings is 2. The van der Waals surface area contributed by atoms with Crippen molar-refractivity contribution in [3.05, 3.63) is 48.0 Å². The lowest BCUT2D eigenvalue weighted by Crippen LogP contribution is -2.12. The molecule has 0 saturated carbocycles. The van der Waals surface area contributed by atoms with Crippen molar-refractivity contribution >= 4 is 22.6 Å². The molecule has 1 heterocycles. The zero-order chi connectivity index (χ0) is 16.9. The zero-order valence-electron chi connectivity index (χ0n) is 14.1. The summed E-state index contributed by atoms with van der Waals surface area (Å²) in [5.74, 6) is 0.0568. The Morgan fingerprint density at radius 2 is 1.79 bits per heavy atom. The molecule has 1 aromatic heterocycles. The van der Waals surface area contributed by atoms with Gasteiger partial charge in [0.25, 0.3) is 0 Å². The summed E-state index contributed by atoms with van der Waals surface area (Å²) < 4.78 is 0. The minimum absolute atomic E-state index is 0.0568. The van der Waals surface area contributed by atoms with Crippen molar-refractivity contribution in [3.8, 4) is 5.69 Å². The third-order valence-electron chi connectivity index (χ3n) is 4.00. The standard InChI is InChI=1S/C19H22N4O/c1-3-4-6-11-19(24)20-16-13-18-17(12-14(16)2)21-23(22-18)15-9-7-5-8-10-15/h5,7-10,12-13H,3-4,6,11H2,1-2H3,(H,20,24). The number of carbonyl (C=O) groups excluding carboxylic acids is 1. The maximum atomic E-state index is 12.0. The first-order chi connectivity index (χ1) is 11.7. The van der Waals surface area contributed by atoms with Crippen LogP contribution in [0.4, 0.5) is 5.69 Å². The Hall–Kier alpha value is -2.69. The number of nitrogens with one attached hydrogen (secondary N) is 1. The highest BCUT2D eigenvalue weighted by molar-refractivity contribution is 5.94. The van der Waals surface area contributed by atoms with Gasteiger partial charge in [0.1, 0.15) is 11.0 Å². The number of unbranched alkanes of at least 4 members (excludes halogenated alkanes) is 2. The van der Waals surface area contributed by atoms with Gasteiger partial charge in [-0.15, -0.1) is 10.2 Å². The molecule has 0 atom stereocenters. The Labute approximate surface area is 141 Å². The van der Waals surface area contributed by atoms with Crippen molar-refractivity contribution in [1.29, 1.82) is 0 Å². The van der Waals surface area contributed by atoms with Gasteiger partial charge < -0.3 is 5.32 Å². The van der Waals surface area contributed by atoms with Crippen molar-refractivity contribution in [1.82, 2.24) is 15.0 Å². The lowest BCUT2D eigenvalue weighted by atomic mass is 10.1. The van der Waals surface area contributed by atoms with Gasteiger partial charge in [0, 0.05) is 12.1 Å². The van der Waals surface area contributed by atoms with Crippen LogP contribution in [0.2, 0.25) is 0 Å². The molecule has 0 aliphatic carbocycles. The number of hydrogen-bond acceptors (Lipinski definition) is 3. The third-order valence-corrected chi connectivity index (χ3v) is 4.00. The number of aryl methyl sites for hydroxylation is 1. The average Bonchev–Trinajstić information content (AvgIpc) is 2.99. The number of rotatable bonds is 6. The molecule has 5 heteroatoms. The molecule has 0 aliphatic rings. The molecule has 2 aromatic carbocycles. The molecule has 0 radical (unpaired) electrons. The summed E-state index contributed by atoms with van der Waals surface area (Å²) in [6.07, 6.45) is 3.67. The van der Waals surface area contributed by atoms with E-state index in [0.29, 0.717) is 6.42 Å². The lowest BCUT2D eigenvalue weighted by Gasteiger charge is -2.07. The highest BCUT2D eigenvalue weighted by Crippen LogP contribution is 2.22. The molecule has 0 fully saturated rings. The molecular formula is C19H22N4O. The van der Waals surface area contributed by atoms with Crippen molar-refractivity contribution in [2.45, 2.75) is 39.5 Å². The van der Waals surface area contributed by atoms with E-state index in [1.54, 1.807) is 4.80 Å². The molecule has 124 valence electrons. The van der Waals surface area contributed by atoms with Crippen LogP contribution in [0, 0.1) is 6.92 Å². The fourth-order valence-corrected chi connectivity index (χ4v) is 2.63. The number of hydrogen-bond donors (Lipinski definition) is 1.